The fourth-order valence-electron chi connectivity index (χ4n) is 3.00. The van der Waals surface area contributed by atoms with Gasteiger partial charge in [-0.2, -0.15) is 0 Å². The van der Waals surface area contributed by atoms with Crippen molar-refractivity contribution in [1.29, 1.82) is 0 Å². The van der Waals surface area contributed by atoms with Crippen molar-refractivity contribution in [2.75, 3.05) is 11.9 Å². The molecule has 0 fully saturated rings. The number of amides is 2. The minimum Gasteiger partial charge on any atom is -0.478 e. The van der Waals surface area contributed by atoms with Gasteiger partial charge in [-0.3, -0.25) is 9.59 Å². The van der Waals surface area contributed by atoms with Gasteiger partial charge in [-0.05, 0) is 29.3 Å². The van der Waals surface area contributed by atoms with E-state index in [4.69, 9.17) is 5.11 Å². The van der Waals surface area contributed by atoms with E-state index in [2.05, 4.69) is 5.32 Å². The Morgan fingerprint density at radius 2 is 1.96 bits per heavy atom. The Morgan fingerprint density at radius 3 is 2.72 bits per heavy atom. The lowest BCUT2D eigenvalue weighted by Gasteiger charge is -2.30. The summed E-state index contributed by atoms with van der Waals surface area (Å²) < 4.78 is 0. The van der Waals surface area contributed by atoms with E-state index >= 15 is 0 Å². The van der Waals surface area contributed by atoms with Gasteiger partial charge in [0.2, 0.25) is 11.8 Å². The van der Waals surface area contributed by atoms with E-state index in [9.17, 15) is 14.4 Å². The highest BCUT2D eigenvalue weighted by molar-refractivity contribution is 6.02. The summed E-state index contributed by atoms with van der Waals surface area (Å²) in [6, 6.07) is 13.8. The third kappa shape index (κ3) is 3.38. The Balaban J connectivity index is 1.76. The number of para-hydroxylation sites is 1. The van der Waals surface area contributed by atoms with E-state index in [1.54, 1.807) is 24.1 Å². The Bertz CT molecular complexity index is 847. The molecule has 1 aliphatic rings. The molecule has 0 radical (unpaired) electrons. The third-order valence-corrected chi connectivity index (χ3v) is 4.38. The summed E-state index contributed by atoms with van der Waals surface area (Å²) in [6.07, 6.45) is 0.120. The lowest BCUT2D eigenvalue weighted by molar-refractivity contribution is -0.127. The van der Waals surface area contributed by atoms with Crippen LogP contribution in [0.3, 0.4) is 0 Å². The average Bonchev–Trinajstić information content (AvgIpc) is 2.63. The molecule has 2 aromatic rings. The summed E-state index contributed by atoms with van der Waals surface area (Å²) in [5, 5.41) is 11.8. The highest BCUT2D eigenvalue weighted by Gasteiger charge is 2.33. The van der Waals surface area contributed by atoms with Crippen molar-refractivity contribution in [1.82, 2.24) is 5.32 Å². The number of fused-ring (bicyclic) bond motifs is 1. The monoisotopic (exact) mass is 338 g/mol. The van der Waals surface area contributed by atoms with Crippen molar-refractivity contribution in [2.45, 2.75) is 18.9 Å². The topological polar surface area (TPSA) is 86.7 Å². The van der Waals surface area contributed by atoms with Crippen LogP contribution in [0.4, 0.5) is 5.69 Å². The third-order valence-electron chi connectivity index (χ3n) is 4.38. The van der Waals surface area contributed by atoms with Gasteiger partial charge in [0.1, 0.15) is 0 Å². The summed E-state index contributed by atoms with van der Waals surface area (Å²) in [4.78, 5) is 37.3. The number of nitrogens with zero attached hydrogens (tertiary/aromatic N) is 1. The summed E-state index contributed by atoms with van der Waals surface area (Å²) in [7, 11) is 1.70. The predicted molar refractivity (Wildman–Crippen MR) is 92.5 cm³/mol. The average molecular weight is 338 g/mol. The fraction of sp³-hybridized carbons (Fsp3) is 0.211. The first-order valence-electron chi connectivity index (χ1n) is 7.93. The molecule has 6 nitrogen and oxygen atoms in total. The van der Waals surface area contributed by atoms with E-state index in [1.165, 1.54) is 12.1 Å². The van der Waals surface area contributed by atoms with Crippen molar-refractivity contribution < 1.29 is 19.5 Å². The molecule has 0 bridgehead atoms. The van der Waals surface area contributed by atoms with Crippen LogP contribution in [0.1, 0.15) is 33.8 Å². The van der Waals surface area contributed by atoms with Gasteiger partial charge in [0.25, 0.3) is 0 Å². The van der Waals surface area contributed by atoms with Crippen LogP contribution < -0.4 is 10.2 Å². The number of carbonyl (C=O) groups is 3. The van der Waals surface area contributed by atoms with Crippen LogP contribution >= 0.6 is 0 Å². The highest BCUT2D eigenvalue weighted by Crippen LogP contribution is 2.35. The van der Waals surface area contributed by atoms with E-state index in [1.807, 2.05) is 24.3 Å². The van der Waals surface area contributed by atoms with Gasteiger partial charge in [0.15, 0.2) is 0 Å². The minimum absolute atomic E-state index is 0.105. The second-order valence-corrected chi connectivity index (χ2v) is 5.99. The van der Waals surface area contributed by atoms with Crippen LogP contribution in [0.5, 0.6) is 0 Å². The van der Waals surface area contributed by atoms with Gasteiger partial charge in [-0.15, -0.1) is 0 Å². The molecule has 1 atom stereocenters. The van der Waals surface area contributed by atoms with Gasteiger partial charge in [-0.25, -0.2) is 4.79 Å². The number of hydrogen-bond donors (Lipinski definition) is 2. The zero-order chi connectivity index (χ0) is 18.0. The summed E-state index contributed by atoms with van der Waals surface area (Å²) in [5.74, 6) is -1.90. The summed E-state index contributed by atoms with van der Waals surface area (Å²) in [5.41, 5.74) is 2.43. The molecule has 0 saturated heterocycles. The lowest BCUT2D eigenvalue weighted by Crippen LogP contribution is -2.39. The molecule has 1 aliphatic heterocycles. The molecule has 0 aliphatic carbocycles. The van der Waals surface area contributed by atoms with Gasteiger partial charge in [-0.1, -0.05) is 30.3 Å². The van der Waals surface area contributed by atoms with Gasteiger partial charge in [0, 0.05) is 25.7 Å². The molecule has 2 N–H and O–H groups in total. The van der Waals surface area contributed by atoms with Crippen LogP contribution in [0.15, 0.2) is 48.5 Å². The number of benzene rings is 2. The van der Waals surface area contributed by atoms with Crippen molar-refractivity contribution >= 4 is 23.5 Å². The van der Waals surface area contributed by atoms with Crippen molar-refractivity contribution in [3.63, 3.8) is 0 Å². The van der Waals surface area contributed by atoms with E-state index < -0.39 is 11.9 Å². The number of aromatic carboxylic acids is 1. The van der Waals surface area contributed by atoms with Gasteiger partial charge in [0.05, 0.1) is 11.5 Å². The molecular formula is C19H18N2O4. The maximum atomic E-state index is 12.6. The van der Waals surface area contributed by atoms with Crippen LogP contribution in [0, 0.1) is 0 Å². The molecule has 3 rings (SSSR count). The molecule has 0 aromatic heterocycles. The largest absolute Gasteiger partial charge is 0.478 e. The molecule has 6 heteroatoms. The number of carboxylic acids is 1. The van der Waals surface area contributed by atoms with Gasteiger partial charge >= 0.3 is 5.97 Å². The Kier molecular flexibility index (Phi) is 4.52. The van der Waals surface area contributed by atoms with Crippen LogP contribution in [-0.2, 0) is 16.1 Å². The number of carboxylic acid groups (broad SMARTS) is 1. The normalized spacial score (nSPS) is 16.3. The van der Waals surface area contributed by atoms with E-state index in [0.717, 1.165) is 11.3 Å². The molecule has 2 aromatic carbocycles. The smallest absolute Gasteiger partial charge is 0.335 e. The molecule has 0 spiro atoms. The zero-order valence-electron chi connectivity index (χ0n) is 13.7. The maximum Gasteiger partial charge on any atom is 0.335 e. The first-order valence-corrected chi connectivity index (χ1v) is 7.93. The highest BCUT2D eigenvalue weighted by atomic mass is 16.4. The Morgan fingerprint density at radius 1 is 1.20 bits per heavy atom. The molecule has 25 heavy (non-hydrogen) atoms. The molecule has 2 amide bonds. The Hall–Kier alpha value is -3.15. The molecule has 1 unspecified atom stereocenters. The maximum absolute atomic E-state index is 12.6. The molecule has 1 heterocycles. The predicted octanol–water partition coefficient (Wildman–Crippen LogP) is 2.15. The number of anilines is 1. The summed E-state index contributed by atoms with van der Waals surface area (Å²) in [6.45, 7) is 0.211. The van der Waals surface area contributed by atoms with E-state index in [-0.39, 0.29) is 30.3 Å². The fourth-order valence-corrected chi connectivity index (χ4v) is 3.00. The van der Waals surface area contributed by atoms with Gasteiger partial charge < -0.3 is 15.3 Å². The quantitative estimate of drug-likeness (QED) is 0.894. The number of nitrogens with one attached hydrogen (secondary N) is 1. The Labute approximate surface area is 145 Å². The first kappa shape index (κ1) is 16.7. The molecular weight excluding hydrogens is 320 g/mol. The zero-order valence-corrected chi connectivity index (χ0v) is 13.7. The minimum atomic E-state index is -1.01. The molecule has 128 valence electrons. The summed E-state index contributed by atoms with van der Waals surface area (Å²) >= 11 is 0. The molecule has 0 saturated carbocycles. The second kappa shape index (κ2) is 6.76. The van der Waals surface area contributed by atoms with Crippen LogP contribution in [0.25, 0.3) is 0 Å². The lowest BCUT2D eigenvalue weighted by atomic mass is 9.89. The first-order chi connectivity index (χ1) is 12.0. The van der Waals surface area contributed by atoms with Crippen molar-refractivity contribution in [3.05, 3.63) is 65.2 Å². The van der Waals surface area contributed by atoms with Crippen LogP contribution in [0.2, 0.25) is 0 Å². The number of hydrogen-bond acceptors (Lipinski definition) is 3. The van der Waals surface area contributed by atoms with E-state index in [0.29, 0.717) is 5.56 Å². The van der Waals surface area contributed by atoms with Crippen molar-refractivity contribution in [2.24, 2.45) is 0 Å². The van der Waals surface area contributed by atoms with Crippen molar-refractivity contribution in [3.8, 4) is 0 Å². The second-order valence-electron chi connectivity index (χ2n) is 5.99. The van der Waals surface area contributed by atoms with Crippen LogP contribution in [-0.4, -0.2) is 29.9 Å². The number of carbonyl (C=O) groups excluding carboxylic acids is 2. The SMILES string of the molecule is CN1C(=O)CC(C(=O)NCc2cccc(C(=O)O)c2)c2ccccc21. The standard InChI is InChI=1S/C19H18N2O4/c1-21-16-8-3-2-7-14(16)15(10-17(21)22)18(23)20-11-12-5-4-6-13(9-12)19(24)25/h2-9,15H,10-11H2,1H3,(H,20,23)(H,24,25). The number of rotatable bonds is 4.